The minimum atomic E-state index is -3.43. The first-order chi connectivity index (χ1) is 7.46. The molecule has 0 unspecified atom stereocenters. The quantitative estimate of drug-likeness (QED) is 0.747. The summed E-state index contributed by atoms with van der Waals surface area (Å²) in [6.45, 7) is -0.0145. The maximum atomic E-state index is 11.5. The molecule has 0 fully saturated rings. The summed E-state index contributed by atoms with van der Waals surface area (Å²) in [6.07, 6.45) is 2.33. The third kappa shape index (κ3) is 2.48. The second kappa shape index (κ2) is 3.99. The molecule has 0 radical (unpaired) electrons. The van der Waals surface area contributed by atoms with E-state index in [1.165, 1.54) is 0 Å². The minimum Gasteiger partial charge on any atom is -0.294 e. The number of rotatable bonds is 3. The number of ketones is 1. The summed E-state index contributed by atoms with van der Waals surface area (Å²) in [5.41, 5.74) is 2.45. The maximum absolute atomic E-state index is 11.5. The van der Waals surface area contributed by atoms with Crippen molar-refractivity contribution in [2.45, 2.75) is 19.4 Å². The van der Waals surface area contributed by atoms with E-state index in [0.29, 0.717) is 17.5 Å². The fraction of sp³-hybridized carbons (Fsp3) is 0.364. The van der Waals surface area contributed by atoms with Crippen LogP contribution in [0.1, 0.15) is 27.9 Å². The van der Waals surface area contributed by atoms with Crippen LogP contribution in [0.5, 0.6) is 0 Å². The Labute approximate surface area is 94.4 Å². The predicted molar refractivity (Wildman–Crippen MR) is 58.7 cm³/mol. The van der Waals surface area contributed by atoms with Gasteiger partial charge in [0, 0.05) is 12.0 Å². The third-order valence-corrected chi connectivity index (χ3v) is 3.08. The summed E-state index contributed by atoms with van der Waals surface area (Å²) in [5.74, 6) is 0.121. The summed E-state index contributed by atoms with van der Waals surface area (Å²) in [6, 6.07) is 5.37. The molecule has 0 bridgehead atoms. The van der Waals surface area contributed by atoms with Crippen LogP contribution in [0, 0.1) is 0 Å². The van der Waals surface area contributed by atoms with Crippen molar-refractivity contribution < 1.29 is 17.4 Å². The van der Waals surface area contributed by atoms with E-state index in [4.69, 9.17) is 0 Å². The number of fused-ring (bicyclic) bond motifs is 1. The molecule has 0 N–H and O–H groups in total. The van der Waals surface area contributed by atoms with Gasteiger partial charge < -0.3 is 0 Å². The number of benzene rings is 1. The van der Waals surface area contributed by atoms with Crippen LogP contribution < -0.4 is 0 Å². The van der Waals surface area contributed by atoms with Crippen LogP contribution in [0.15, 0.2) is 18.2 Å². The lowest BCUT2D eigenvalue weighted by Crippen LogP contribution is -2.03. The molecule has 0 amide bonds. The van der Waals surface area contributed by atoms with E-state index in [0.717, 1.165) is 18.2 Å². The number of hydrogen-bond donors (Lipinski definition) is 0. The molecule has 1 aliphatic carbocycles. The molecule has 0 heterocycles. The van der Waals surface area contributed by atoms with Crippen molar-refractivity contribution in [2.75, 3.05) is 6.26 Å². The van der Waals surface area contributed by atoms with Gasteiger partial charge in [-0.1, -0.05) is 12.1 Å². The minimum absolute atomic E-state index is 0.0145. The Hall–Kier alpha value is -1.20. The summed E-state index contributed by atoms with van der Waals surface area (Å²) in [5, 5.41) is 0. The van der Waals surface area contributed by atoms with Crippen molar-refractivity contribution in [3.8, 4) is 0 Å². The van der Waals surface area contributed by atoms with Crippen molar-refractivity contribution in [3.05, 3.63) is 34.9 Å². The standard InChI is InChI=1S/C11H12O4S/c1-16(13,14)15-7-8-2-3-9-4-5-11(12)10(9)6-8/h2-3,6H,4-5,7H2,1H3. The average Bonchev–Trinajstić information content (AvgIpc) is 2.56. The number of aryl methyl sites for hydroxylation is 1. The van der Waals surface area contributed by atoms with Crippen molar-refractivity contribution in [1.29, 1.82) is 0 Å². The van der Waals surface area contributed by atoms with Gasteiger partial charge in [0.15, 0.2) is 5.78 Å². The van der Waals surface area contributed by atoms with E-state index in [-0.39, 0.29) is 12.4 Å². The molecule has 5 heteroatoms. The van der Waals surface area contributed by atoms with Gasteiger partial charge in [-0.3, -0.25) is 8.98 Å². The highest BCUT2D eigenvalue weighted by Gasteiger charge is 2.19. The van der Waals surface area contributed by atoms with Crippen LogP contribution in [-0.2, 0) is 27.3 Å². The first-order valence-electron chi connectivity index (χ1n) is 4.95. The van der Waals surface area contributed by atoms with E-state index < -0.39 is 10.1 Å². The summed E-state index contributed by atoms with van der Waals surface area (Å²) < 4.78 is 26.3. The molecule has 1 aromatic rings. The van der Waals surface area contributed by atoms with Crippen LogP contribution in [0.3, 0.4) is 0 Å². The largest absolute Gasteiger partial charge is 0.294 e. The molecule has 4 nitrogen and oxygen atoms in total. The lowest BCUT2D eigenvalue weighted by atomic mass is 10.1. The van der Waals surface area contributed by atoms with Crippen LogP contribution in [0.4, 0.5) is 0 Å². The zero-order valence-electron chi connectivity index (χ0n) is 8.89. The fourth-order valence-electron chi connectivity index (χ4n) is 1.75. The molecule has 1 aliphatic rings. The summed E-state index contributed by atoms with van der Waals surface area (Å²) in [4.78, 5) is 11.5. The number of carbonyl (C=O) groups is 1. The Morgan fingerprint density at radius 3 is 2.75 bits per heavy atom. The zero-order chi connectivity index (χ0) is 11.8. The van der Waals surface area contributed by atoms with E-state index in [2.05, 4.69) is 4.18 Å². The monoisotopic (exact) mass is 240 g/mol. The number of carbonyl (C=O) groups excluding carboxylic acids is 1. The molecule has 0 atom stereocenters. The molecule has 1 aromatic carbocycles. The van der Waals surface area contributed by atoms with Gasteiger partial charge in [-0.2, -0.15) is 8.42 Å². The normalized spacial score (nSPS) is 15.2. The molecule has 0 saturated heterocycles. The van der Waals surface area contributed by atoms with Crippen LogP contribution in [-0.4, -0.2) is 20.5 Å². The van der Waals surface area contributed by atoms with Crippen molar-refractivity contribution in [2.24, 2.45) is 0 Å². The molecule has 0 spiro atoms. The first kappa shape index (κ1) is 11.3. The highest BCUT2D eigenvalue weighted by molar-refractivity contribution is 7.85. The van der Waals surface area contributed by atoms with Crippen molar-refractivity contribution >= 4 is 15.9 Å². The van der Waals surface area contributed by atoms with Crippen LogP contribution in [0.25, 0.3) is 0 Å². The Morgan fingerprint density at radius 1 is 1.31 bits per heavy atom. The molecule has 0 aromatic heterocycles. The SMILES string of the molecule is CS(=O)(=O)OCc1ccc2c(c1)C(=O)CC2. The fourth-order valence-corrected chi connectivity index (χ4v) is 2.10. The van der Waals surface area contributed by atoms with Gasteiger partial charge in [0.25, 0.3) is 10.1 Å². The Balaban J connectivity index is 2.19. The molecule has 16 heavy (non-hydrogen) atoms. The van der Waals surface area contributed by atoms with E-state index in [1.807, 2.05) is 6.07 Å². The Morgan fingerprint density at radius 2 is 2.06 bits per heavy atom. The van der Waals surface area contributed by atoms with Crippen LogP contribution in [0.2, 0.25) is 0 Å². The maximum Gasteiger partial charge on any atom is 0.264 e. The molecular formula is C11H12O4S. The van der Waals surface area contributed by atoms with Gasteiger partial charge in [0.05, 0.1) is 12.9 Å². The second-order valence-corrected chi connectivity index (χ2v) is 5.52. The van der Waals surface area contributed by atoms with Gasteiger partial charge in [-0.15, -0.1) is 0 Å². The smallest absolute Gasteiger partial charge is 0.264 e. The molecule has 86 valence electrons. The first-order valence-corrected chi connectivity index (χ1v) is 6.77. The topological polar surface area (TPSA) is 60.4 Å². The van der Waals surface area contributed by atoms with E-state index in [1.54, 1.807) is 12.1 Å². The van der Waals surface area contributed by atoms with Gasteiger partial charge in [0.1, 0.15) is 0 Å². The van der Waals surface area contributed by atoms with E-state index >= 15 is 0 Å². The average molecular weight is 240 g/mol. The lowest BCUT2D eigenvalue weighted by molar-refractivity contribution is 0.0994. The second-order valence-electron chi connectivity index (χ2n) is 3.88. The van der Waals surface area contributed by atoms with E-state index in [9.17, 15) is 13.2 Å². The number of hydrogen-bond acceptors (Lipinski definition) is 4. The highest BCUT2D eigenvalue weighted by atomic mass is 32.2. The summed E-state index contributed by atoms with van der Waals surface area (Å²) >= 11 is 0. The molecule has 0 saturated carbocycles. The zero-order valence-corrected chi connectivity index (χ0v) is 9.71. The Kier molecular flexibility index (Phi) is 2.82. The van der Waals surface area contributed by atoms with Crippen molar-refractivity contribution in [1.82, 2.24) is 0 Å². The van der Waals surface area contributed by atoms with Gasteiger partial charge in [-0.25, -0.2) is 0 Å². The summed E-state index contributed by atoms with van der Waals surface area (Å²) in [7, 11) is -3.43. The van der Waals surface area contributed by atoms with Crippen LogP contribution >= 0.6 is 0 Å². The van der Waals surface area contributed by atoms with Gasteiger partial charge in [-0.05, 0) is 23.6 Å². The van der Waals surface area contributed by atoms with Gasteiger partial charge in [0.2, 0.25) is 0 Å². The predicted octanol–water partition coefficient (Wildman–Crippen LogP) is 1.29. The van der Waals surface area contributed by atoms with Gasteiger partial charge >= 0.3 is 0 Å². The lowest BCUT2D eigenvalue weighted by Gasteiger charge is -2.04. The van der Waals surface area contributed by atoms with Crippen molar-refractivity contribution in [3.63, 3.8) is 0 Å². The Bertz CT molecular complexity index is 531. The third-order valence-electron chi connectivity index (χ3n) is 2.54. The number of Topliss-reactive ketones (excluding diaryl/α,β-unsaturated/α-hetero) is 1. The molecular weight excluding hydrogens is 228 g/mol. The molecule has 0 aliphatic heterocycles. The highest BCUT2D eigenvalue weighted by Crippen LogP contribution is 2.23. The molecule has 2 rings (SSSR count).